The zero-order valence-corrected chi connectivity index (χ0v) is 11.0. The predicted molar refractivity (Wildman–Crippen MR) is 78.5 cm³/mol. The lowest BCUT2D eigenvalue weighted by Gasteiger charge is -2.22. The molecule has 2 N–H and O–H groups in total. The summed E-state index contributed by atoms with van der Waals surface area (Å²) in [4.78, 5) is 4.67. The summed E-state index contributed by atoms with van der Waals surface area (Å²) < 4.78 is 0. The third kappa shape index (κ3) is 2.46. The molecule has 18 heavy (non-hydrogen) atoms. The molecule has 3 heteroatoms. The van der Waals surface area contributed by atoms with Crippen LogP contribution in [0.15, 0.2) is 29.6 Å². The smallest absolute Gasteiger partial charge is 0.0963 e. The predicted octanol–water partition coefficient (Wildman–Crippen LogP) is 4.16. The molecule has 2 aromatic rings. The highest BCUT2D eigenvalue weighted by atomic mass is 32.1. The van der Waals surface area contributed by atoms with Gasteiger partial charge in [0.25, 0.3) is 0 Å². The third-order valence-electron chi connectivity index (χ3n) is 3.35. The second-order valence-electron chi connectivity index (χ2n) is 4.74. The summed E-state index contributed by atoms with van der Waals surface area (Å²) >= 11 is 1.78. The van der Waals surface area contributed by atoms with E-state index in [1.54, 1.807) is 11.3 Å². The van der Waals surface area contributed by atoms with Crippen LogP contribution in [0.5, 0.6) is 0 Å². The molecule has 0 spiro atoms. The highest BCUT2D eigenvalue weighted by Crippen LogP contribution is 2.37. The normalized spacial score (nSPS) is 16.0. The monoisotopic (exact) mass is 256 g/mol. The number of nitrogen functional groups attached to an aromatic ring is 1. The Labute approximate surface area is 111 Å². The van der Waals surface area contributed by atoms with Crippen molar-refractivity contribution in [1.82, 2.24) is 4.98 Å². The van der Waals surface area contributed by atoms with Gasteiger partial charge in [0.1, 0.15) is 0 Å². The van der Waals surface area contributed by atoms with Crippen molar-refractivity contribution in [3.8, 4) is 0 Å². The number of hydrogen-bond acceptors (Lipinski definition) is 3. The highest BCUT2D eigenvalue weighted by Gasteiger charge is 2.21. The fraction of sp³-hybridized carbons (Fsp3) is 0.267. The Balaban J connectivity index is 1.73. The van der Waals surface area contributed by atoms with E-state index in [2.05, 4.69) is 22.5 Å². The van der Waals surface area contributed by atoms with Crippen molar-refractivity contribution in [1.29, 1.82) is 0 Å². The van der Waals surface area contributed by atoms with Gasteiger partial charge in [0, 0.05) is 17.0 Å². The zero-order chi connectivity index (χ0) is 12.4. The lowest BCUT2D eigenvalue weighted by Crippen LogP contribution is -2.07. The van der Waals surface area contributed by atoms with Crippen LogP contribution in [0, 0.1) is 0 Å². The van der Waals surface area contributed by atoms with Crippen molar-refractivity contribution in [2.24, 2.45) is 0 Å². The van der Waals surface area contributed by atoms with Crippen LogP contribution in [-0.2, 0) is 0 Å². The van der Waals surface area contributed by atoms with Gasteiger partial charge in [-0.3, -0.25) is 0 Å². The molecule has 1 aromatic carbocycles. The maximum absolute atomic E-state index is 5.75. The molecule has 0 unspecified atom stereocenters. The van der Waals surface area contributed by atoms with Gasteiger partial charge < -0.3 is 5.73 Å². The summed E-state index contributed by atoms with van der Waals surface area (Å²) in [6, 6.07) is 7.88. The molecule has 3 rings (SSSR count). The van der Waals surface area contributed by atoms with E-state index < -0.39 is 0 Å². The van der Waals surface area contributed by atoms with E-state index >= 15 is 0 Å². The summed E-state index contributed by atoms with van der Waals surface area (Å²) in [5.41, 5.74) is 8.72. The van der Waals surface area contributed by atoms with Gasteiger partial charge in [-0.25, -0.2) is 4.98 Å². The van der Waals surface area contributed by atoms with E-state index in [1.165, 1.54) is 24.3 Å². The van der Waals surface area contributed by atoms with Crippen molar-refractivity contribution in [3.63, 3.8) is 0 Å². The molecule has 0 radical (unpaired) electrons. The standard InChI is InChI=1S/C15H16N2S/c16-13-6-1-3-11(9-13)7-8-14-10-18-15(17-14)12-4-2-5-12/h1,3,6-10,12H,2,4-5,16H2/b8-7+. The number of nitrogens with two attached hydrogens (primary N) is 1. The topological polar surface area (TPSA) is 38.9 Å². The van der Waals surface area contributed by atoms with Gasteiger partial charge in [-0.2, -0.15) is 0 Å². The summed E-state index contributed by atoms with van der Waals surface area (Å²) in [5.74, 6) is 0.726. The number of benzene rings is 1. The first kappa shape index (κ1) is 11.5. The van der Waals surface area contributed by atoms with Crippen LogP contribution in [0.25, 0.3) is 12.2 Å². The molecule has 1 heterocycles. The minimum absolute atomic E-state index is 0.726. The Hall–Kier alpha value is -1.61. The van der Waals surface area contributed by atoms with Crippen LogP contribution >= 0.6 is 11.3 Å². The Morgan fingerprint density at radius 3 is 2.89 bits per heavy atom. The first-order valence-electron chi connectivity index (χ1n) is 6.30. The first-order valence-corrected chi connectivity index (χ1v) is 7.18. The van der Waals surface area contributed by atoms with E-state index in [1.807, 2.05) is 24.3 Å². The van der Waals surface area contributed by atoms with Crippen molar-refractivity contribution in [3.05, 3.63) is 45.9 Å². The number of aromatic nitrogens is 1. The SMILES string of the molecule is Nc1cccc(/C=C/c2csc(C3CCC3)n2)c1. The summed E-state index contributed by atoms with van der Waals surface area (Å²) in [5, 5.41) is 3.43. The van der Waals surface area contributed by atoms with Crippen molar-refractivity contribution >= 4 is 29.2 Å². The molecule has 1 aromatic heterocycles. The molecule has 0 atom stereocenters. The van der Waals surface area contributed by atoms with Gasteiger partial charge in [-0.05, 0) is 36.6 Å². The molecule has 92 valence electrons. The summed E-state index contributed by atoms with van der Waals surface area (Å²) in [6.07, 6.45) is 8.11. The largest absolute Gasteiger partial charge is 0.399 e. The highest BCUT2D eigenvalue weighted by molar-refractivity contribution is 7.09. The number of nitrogens with zero attached hydrogens (tertiary/aromatic N) is 1. The minimum Gasteiger partial charge on any atom is -0.399 e. The van der Waals surface area contributed by atoms with Gasteiger partial charge in [-0.15, -0.1) is 11.3 Å². The molecule has 0 amide bonds. The second-order valence-corrected chi connectivity index (χ2v) is 5.63. The fourth-order valence-corrected chi connectivity index (χ4v) is 3.02. The summed E-state index contributed by atoms with van der Waals surface area (Å²) in [6.45, 7) is 0. The Kier molecular flexibility index (Phi) is 3.15. The fourth-order valence-electron chi connectivity index (χ4n) is 2.06. The first-order chi connectivity index (χ1) is 8.81. The second kappa shape index (κ2) is 4.94. The number of hydrogen-bond donors (Lipinski definition) is 1. The number of anilines is 1. The molecular weight excluding hydrogens is 240 g/mol. The Morgan fingerprint density at radius 1 is 1.28 bits per heavy atom. The maximum Gasteiger partial charge on any atom is 0.0963 e. The van der Waals surface area contributed by atoms with Gasteiger partial charge in [-0.1, -0.05) is 24.6 Å². The van der Waals surface area contributed by atoms with Gasteiger partial charge in [0.15, 0.2) is 0 Å². The van der Waals surface area contributed by atoms with E-state index in [9.17, 15) is 0 Å². The Bertz CT molecular complexity index is 567. The van der Waals surface area contributed by atoms with Crippen LogP contribution in [0.1, 0.15) is 41.4 Å². The van der Waals surface area contributed by atoms with Crippen molar-refractivity contribution in [2.75, 3.05) is 5.73 Å². The number of rotatable bonds is 3. The molecule has 1 saturated carbocycles. The van der Waals surface area contributed by atoms with Gasteiger partial charge >= 0.3 is 0 Å². The molecular formula is C15H16N2S. The van der Waals surface area contributed by atoms with Gasteiger partial charge in [0.2, 0.25) is 0 Å². The average molecular weight is 256 g/mol. The molecule has 2 nitrogen and oxygen atoms in total. The molecule has 0 aliphatic heterocycles. The lowest BCUT2D eigenvalue weighted by molar-refractivity contribution is 0.418. The third-order valence-corrected chi connectivity index (χ3v) is 4.38. The maximum atomic E-state index is 5.75. The van der Waals surface area contributed by atoms with Crippen LogP contribution in [-0.4, -0.2) is 4.98 Å². The molecule has 0 bridgehead atoms. The lowest BCUT2D eigenvalue weighted by atomic mass is 9.86. The van der Waals surface area contributed by atoms with Crippen LogP contribution in [0.3, 0.4) is 0 Å². The van der Waals surface area contributed by atoms with Crippen LogP contribution < -0.4 is 5.73 Å². The molecule has 1 aliphatic carbocycles. The van der Waals surface area contributed by atoms with Crippen molar-refractivity contribution in [2.45, 2.75) is 25.2 Å². The Morgan fingerprint density at radius 2 is 2.17 bits per heavy atom. The van der Waals surface area contributed by atoms with Gasteiger partial charge in [0.05, 0.1) is 10.7 Å². The van der Waals surface area contributed by atoms with Crippen LogP contribution in [0.4, 0.5) is 5.69 Å². The summed E-state index contributed by atoms with van der Waals surface area (Å²) in [7, 11) is 0. The van der Waals surface area contributed by atoms with E-state index in [4.69, 9.17) is 5.73 Å². The van der Waals surface area contributed by atoms with E-state index in [0.717, 1.165) is 22.9 Å². The van der Waals surface area contributed by atoms with E-state index in [-0.39, 0.29) is 0 Å². The minimum atomic E-state index is 0.726. The molecule has 0 saturated heterocycles. The van der Waals surface area contributed by atoms with E-state index in [0.29, 0.717) is 0 Å². The van der Waals surface area contributed by atoms with Crippen molar-refractivity contribution < 1.29 is 0 Å². The molecule has 1 aliphatic rings. The van der Waals surface area contributed by atoms with Crippen LogP contribution in [0.2, 0.25) is 0 Å². The zero-order valence-electron chi connectivity index (χ0n) is 10.2. The molecule has 1 fully saturated rings. The quantitative estimate of drug-likeness (QED) is 0.837. The number of thiazole rings is 1. The average Bonchev–Trinajstić information content (AvgIpc) is 2.73.